The zero-order valence-electron chi connectivity index (χ0n) is 9.78. The molecule has 16 heavy (non-hydrogen) atoms. The molecule has 1 aromatic carbocycles. The van der Waals surface area contributed by atoms with Crippen LogP contribution in [0.1, 0.15) is 31.2 Å². The summed E-state index contributed by atoms with van der Waals surface area (Å²) in [5.74, 6) is 1.90. The first-order valence-corrected chi connectivity index (χ1v) is 5.36. The van der Waals surface area contributed by atoms with Crippen LogP contribution in [0.25, 0.3) is 11.4 Å². The standard InChI is InChI=1S/C12H16N4/c1-7(2)11-14-12(16-15-11)9-6-8(3)4-5-10(9)13/h4-7H,13H2,1-3H3,(H,14,15,16). The summed E-state index contributed by atoms with van der Waals surface area (Å²) < 4.78 is 0. The van der Waals surface area contributed by atoms with Crippen molar-refractivity contribution in [3.8, 4) is 11.4 Å². The largest absolute Gasteiger partial charge is 0.398 e. The Morgan fingerprint density at radius 3 is 2.69 bits per heavy atom. The maximum Gasteiger partial charge on any atom is 0.183 e. The Morgan fingerprint density at radius 1 is 1.31 bits per heavy atom. The van der Waals surface area contributed by atoms with Gasteiger partial charge in [-0.2, -0.15) is 5.10 Å². The van der Waals surface area contributed by atoms with Crippen LogP contribution in [-0.2, 0) is 0 Å². The fourth-order valence-corrected chi connectivity index (χ4v) is 1.52. The van der Waals surface area contributed by atoms with Crippen LogP contribution >= 0.6 is 0 Å². The van der Waals surface area contributed by atoms with Gasteiger partial charge in [-0.05, 0) is 19.1 Å². The number of aryl methyl sites for hydroxylation is 1. The van der Waals surface area contributed by atoms with Crippen LogP contribution in [0.15, 0.2) is 18.2 Å². The number of nitrogens with two attached hydrogens (primary N) is 1. The highest BCUT2D eigenvalue weighted by atomic mass is 15.2. The number of aromatic amines is 1. The number of anilines is 1. The van der Waals surface area contributed by atoms with Gasteiger partial charge in [0.15, 0.2) is 5.82 Å². The molecule has 0 radical (unpaired) electrons. The van der Waals surface area contributed by atoms with Gasteiger partial charge in [-0.25, -0.2) is 4.98 Å². The number of benzene rings is 1. The number of aromatic nitrogens is 3. The SMILES string of the molecule is Cc1ccc(N)c(-c2n[nH]c(C(C)C)n2)c1. The lowest BCUT2D eigenvalue weighted by Gasteiger charge is -2.02. The molecule has 84 valence electrons. The van der Waals surface area contributed by atoms with Gasteiger partial charge in [0.2, 0.25) is 0 Å². The molecule has 2 aromatic rings. The van der Waals surface area contributed by atoms with Gasteiger partial charge < -0.3 is 5.73 Å². The number of hydrogen-bond donors (Lipinski definition) is 2. The van der Waals surface area contributed by atoms with Crippen LogP contribution < -0.4 is 5.73 Å². The summed E-state index contributed by atoms with van der Waals surface area (Å²) in [6.45, 7) is 6.17. The van der Waals surface area contributed by atoms with E-state index in [2.05, 4.69) is 29.0 Å². The van der Waals surface area contributed by atoms with Crippen LogP contribution in [0.4, 0.5) is 5.69 Å². The molecule has 0 spiro atoms. The maximum atomic E-state index is 5.91. The van der Waals surface area contributed by atoms with Crippen molar-refractivity contribution in [1.82, 2.24) is 15.2 Å². The Labute approximate surface area is 94.9 Å². The Morgan fingerprint density at radius 2 is 2.06 bits per heavy atom. The number of rotatable bonds is 2. The quantitative estimate of drug-likeness (QED) is 0.758. The lowest BCUT2D eigenvalue weighted by molar-refractivity contribution is 0.781. The highest BCUT2D eigenvalue weighted by molar-refractivity contribution is 5.71. The highest BCUT2D eigenvalue weighted by Crippen LogP contribution is 2.24. The van der Waals surface area contributed by atoms with Crippen molar-refractivity contribution in [2.75, 3.05) is 5.73 Å². The van der Waals surface area contributed by atoms with Crippen molar-refractivity contribution >= 4 is 5.69 Å². The third kappa shape index (κ3) is 1.91. The molecule has 3 N–H and O–H groups in total. The lowest BCUT2D eigenvalue weighted by Crippen LogP contribution is -1.93. The van der Waals surface area contributed by atoms with E-state index in [9.17, 15) is 0 Å². The minimum Gasteiger partial charge on any atom is -0.398 e. The third-order valence-corrected chi connectivity index (χ3v) is 2.50. The van der Waals surface area contributed by atoms with E-state index in [0.717, 1.165) is 17.0 Å². The molecule has 0 atom stereocenters. The predicted octanol–water partition coefficient (Wildman–Crippen LogP) is 2.49. The molecule has 0 aliphatic rings. The second kappa shape index (κ2) is 3.96. The zero-order chi connectivity index (χ0) is 11.7. The number of nitrogens with one attached hydrogen (secondary N) is 1. The van der Waals surface area contributed by atoms with Crippen LogP contribution in [0.2, 0.25) is 0 Å². The second-order valence-electron chi connectivity index (χ2n) is 4.29. The lowest BCUT2D eigenvalue weighted by atomic mass is 10.1. The van der Waals surface area contributed by atoms with Gasteiger partial charge in [-0.3, -0.25) is 5.10 Å². The van der Waals surface area contributed by atoms with Crippen LogP contribution in [0.3, 0.4) is 0 Å². The van der Waals surface area contributed by atoms with E-state index in [1.807, 2.05) is 25.1 Å². The number of nitrogen functional groups attached to an aromatic ring is 1. The molecule has 0 amide bonds. The molecule has 0 fully saturated rings. The summed E-state index contributed by atoms with van der Waals surface area (Å²) in [5.41, 5.74) is 8.67. The molecule has 0 saturated heterocycles. The summed E-state index contributed by atoms with van der Waals surface area (Å²) in [7, 11) is 0. The van der Waals surface area contributed by atoms with E-state index in [0.29, 0.717) is 17.4 Å². The van der Waals surface area contributed by atoms with Gasteiger partial charge >= 0.3 is 0 Å². The van der Waals surface area contributed by atoms with E-state index in [4.69, 9.17) is 5.73 Å². The molecule has 0 bridgehead atoms. The summed E-state index contributed by atoms with van der Waals surface area (Å²) in [5, 5.41) is 7.13. The molecule has 0 aliphatic heterocycles. The summed E-state index contributed by atoms with van der Waals surface area (Å²) in [6, 6.07) is 5.87. The molecular weight excluding hydrogens is 200 g/mol. The van der Waals surface area contributed by atoms with Gasteiger partial charge in [-0.15, -0.1) is 0 Å². The molecule has 0 unspecified atom stereocenters. The zero-order valence-corrected chi connectivity index (χ0v) is 9.78. The molecular formula is C12H16N4. The Kier molecular flexibility index (Phi) is 2.64. The fraction of sp³-hybridized carbons (Fsp3) is 0.333. The van der Waals surface area contributed by atoms with Gasteiger partial charge in [0, 0.05) is 17.2 Å². The minimum absolute atomic E-state index is 0.340. The van der Waals surface area contributed by atoms with Crippen molar-refractivity contribution in [3.05, 3.63) is 29.6 Å². The van der Waals surface area contributed by atoms with Crippen LogP contribution in [0, 0.1) is 6.92 Å². The fourth-order valence-electron chi connectivity index (χ4n) is 1.52. The summed E-state index contributed by atoms with van der Waals surface area (Å²) in [4.78, 5) is 4.44. The van der Waals surface area contributed by atoms with Gasteiger partial charge in [0.25, 0.3) is 0 Å². The maximum absolute atomic E-state index is 5.91. The van der Waals surface area contributed by atoms with Crippen molar-refractivity contribution in [1.29, 1.82) is 0 Å². The summed E-state index contributed by atoms with van der Waals surface area (Å²) >= 11 is 0. The van der Waals surface area contributed by atoms with Gasteiger partial charge in [-0.1, -0.05) is 25.5 Å². The molecule has 0 aliphatic carbocycles. The Balaban J connectivity index is 2.46. The van der Waals surface area contributed by atoms with Crippen molar-refractivity contribution in [2.45, 2.75) is 26.7 Å². The monoisotopic (exact) mass is 216 g/mol. The smallest absolute Gasteiger partial charge is 0.183 e. The summed E-state index contributed by atoms with van der Waals surface area (Å²) in [6.07, 6.45) is 0. The first-order valence-electron chi connectivity index (χ1n) is 5.36. The first-order chi connectivity index (χ1) is 7.58. The molecule has 2 rings (SSSR count). The predicted molar refractivity (Wildman–Crippen MR) is 65.1 cm³/mol. The molecule has 4 nitrogen and oxygen atoms in total. The number of nitrogens with zero attached hydrogens (tertiary/aromatic N) is 2. The third-order valence-electron chi connectivity index (χ3n) is 2.50. The normalized spacial score (nSPS) is 11.0. The van der Waals surface area contributed by atoms with E-state index >= 15 is 0 Å². The van der Waals surface area contributed by atoms with Gasteiger partial charge in [0.05, 0.1) is 0 Å². The second-order valence-corrected chi connectivity index (χ2v) is 4.29. The first kappa shape index (κ1) is 10.7. The number of hydrogen-bond acceptors (Lipinski definition) is 3. The Bertz CT molecular complexity index is 499. The molecule has 0 saturated carbocycles. The van der Waals surface area contributed by atoms with E-state index in [-0.39, 0.29) is 0 Å². The van der Waals surface area contributed by atoms with E-state index < -0.39 is 0 Å². The highest BCUT2D eigenvalue weighted by Gasteiger charge is 2.10. The average Bonchev–Trinajstić information content (AvgIpc) is 2.70. The molecule has 1 heterocycles. The topological polar surface area (TPSA) is 67.6 Å². The van der Waals surface area contributed by atoms with E-state index in [1.54, 1.807) is 0 Å². The Hall–Kier alpha value is -1.84. The van der Waals surface area contributed by atoms with Gasteiger partial charge in [0.1, 0.15) is 5.82 Å². The van der Waals surface area contributed by atoms with Crippen molar-refractivity contribution < 1.29 is 0 Å². The molecule has 4 heteroatoms. The van der Waals surface area contributed by atoms with Crippen molar-refractivity contribution in [2.24, 2.45) is 0 Å². The molecule has 1 aromatic heterocycles. The van der Waals surface area contributed by atoms with Crippen LogP contribution in [0.5, 0.6) is 0 Å². The average molecular weight is 216 g/mol. The van der Waals surface area contributed by atoms with Crippen molar-refractivity contribution in [3.63, 3.8) is 0 Å². The van der Waals surface area contributed by atoms with Crippen LogP contribution in [-0.4, -0.2) is 15.2 Å². The van der Waals surface area contributed by atoms with E-state index in [1.165, 1.54) is 0 Å². The minimum atomic E-state index is 0.340. The number of H-pyrrole nitrogens is 1.